The summed E-state index contributed by atoms with van der Waals surface area (Å²) < 4.78 is 0. The van der Waals surface area contributed by atoms with Gasteiger partial charge in [-0.05, 0) is 74.1 Å². The van der Waals surface area contributed by atoms with E-state index in [4.69, 9.17) is 9.97 Å². The molecule has 52 heavy (non-hydrogen) atoms. The monoisotopic (exact) mass is 711 g/mol. The van der Waals surface area contributed by atoms with Crippen LogP contribution in [-0.4, -0.2) is 76.2 Å². The van der Waals surface area contributed by atoms with Gasteiger partial charge in [-0.15, -0.1) is 0 Å². The van der Waals surface area contributed by atoms with E-state index in [1.54, 1.807) is 19.1 Å². The Bertz CT molecular complexity index is 2240. The standard InChI is InChI=1S/C38H41N5O9/c1-7-20-16(3)24-12-26-18(5)22(9-10-32(45)46)35(42-26)23(11-31(44)41-30(37(49)50)15-33(47)48)36-34(38(51)52)19(6)27(43-36)14-29-21(8-2)17(4)25(40-29)13-28(20)39-24/h7,12-14,18,22,30,39-40H,1,8-11,15H2,2-6H3,(H,41,44)(H,45,46)(H,47,48)(H,49,50)(H,51,52)/t18?,22-,30-/m0/s1. The number of carbonyl (C=O) groups excluding carboxylic acids is 1. The highest BCUT2D eigenvalue weighted by atomic mass is 16.4. The van der Waals surface area contributed by atoms with E-state index in [1.165, 1.54) is 0 Å². The van der Waals surface area contributed by atoms with Gasteiger partial charge in [-0.1, -0.05) is 26.5 Å². The molecule has 0 saturated carbocycles. The minimum atomic E-state index is -1.77. The number of carboxylic acid groups (broad SMARTS) is 4. The molecule has 1 amide bonds. The van der Waals surface area contributed by atoms with Gasteiger partial charge in [0.25, 0.3) is 0 Å². The molecule has 8 bridgehead atoms. The van der Waals surface area contributed by atoms with E-state index in [1.807, 2.05) is 39.8 Å². The zero-order valence-corrected chi connectivity index (χ0v) is 29.5. The van der Waals surface area contributed by atoms with Crippen molar-refractivity contribution in [1.82, 2.24) is 25.3 Å². The van der Waals surface area contributed by atoms with Crippen molar-refractivity contribution in [2.45, 2.75) is 84.6 Å². The highest BCUT2D eigenvalue weighted by molar-refractivity contribution is 6.24. The summed E-state index contributed by atoms with van der Waals surface area (Å²) in [5.74, 6) is -7.32. The third-order valence-corrected chi connectivity index (χ3v) is 9.96. The summed E-state index contributed by atoms with van der Waals surface area (Å²) in [5.41, 5.74) is 7.95. The fourth-order valence-corrected chi connectivity index (χ4v) is 7.16. The minimum absolute atomic E-state index is 0.0675. The average Bonchev–Trinajstić information content (AvgIpc) is 3.74. The third kappa shape index (κ3) is 7.09. The second-order valence-electron chi connectivity index (χ2n) is 13.1. The number of hydrogen-bond donors (Lipinski definition) is 7. The Morgan fingerprint density at radius 2 is 1.58 bits per heavy atom. The van der Waals surface area contributed by atoms with E-state index >= 15 is 0 Å². The van der Waals surface area contributed by atoms with E-state index in [0.717, 1.165) is 38.8 Å². The predicted octanol–water partition coefficient (Wildman–Crippen LogP) is 5.49. The van der Waals surface area contributed by atoms with Crippen LogP contribution in [-0.2, 0) is 36.8 Å². The lowest BCUT2D eigenvalue weighted by Gasteiger charge is -2.19. The number of aryl methyl sites for hydroxylation is 3. The number of allylic oxidation sites excluding steroid dienone is 1. The van der Waals surface area contributed by atoms with Crippen molar-refractivity contribution in [3.05, 3.63) is 75.4 Å². The predicted molar refractivity (Wildman–Crippen MR) is 194 cm³/mol. The molecular weight excluding hydrogens is 670 g/mol. The number of aromatic amines is 2. The van der Waals surface area contributed by atoms with Crippen LogP contribution in [0.15, 0.2) is 24.8 Å². The van der Waals surface area contributed by atoms with Crippen LogP contribution in [0.4, 0.5) is 0 Å². The molecule has 3 atom stereocenters. The molecule has 3 aromatic rings. The van der Waals surface area contributed by atoms with Crippen LogP contribution >= 0.6 is 0 Å². The molecule has 272 valence electrons. The summed E-state index contributed by atoms with van der Waals surface area (Å²) in [4.78, 5) is 78.4. The van der Waals surface area contributed by atoms with E-state index in [0.29, 0.717) is 28.9 Å². The molecule has 0 aliphatic carbocycles. The summed E-state index contributed by atoms with van der Waals surface area (Å²) in [6.07, 6.45) is 0.722. The molecule has 2 aliphatic heterocycles. The Labute approximate surface area is 298 Å². The van der Waals surface area contributed by atoms with Crippen molar-refractivity contribution in [1.29, 1.82) is 0 Å². The van der Waals surface area contributed by atoms with Gasteiger partial charge in [-0.3, -0.25) is 19.4 Å². The number of hydrogen-bond acceptors (Lipinski definition) is 7. The van der Waals surface area contributed by atoms with Gasteiger partial charge in [0.15, 0.2) is 0 Å². The first-order valence-corrected chi connectivity index (χ1v) is 16.8. The molecular formula is C38H41N5O9. The number of H-pyrrole nitrogens is 2. The van der Waals surface area contributed by atoms with Gasteiger partial charge in [0.05, 0.1) is 35.5 Å². The van der Waals surface area contributed by atoms with Crippen LogP contribution in [0.25, 0.3) is 39.3 Å². The van der Waals surface area contributed by atoms with E-state index in [2.05, 4.69) is 21.9 Å². The number of rotatable bonds is 12. The van der Waals surface area contributed by atoms with Gasteiger partial charge >= 0.3 is 23.9 Å². The van der Waals surface area contributed by atoms with Crippen LogP contribution < -0.4 is 5.32 Å². The van der Waals surface area contributed by atoms with Crippen molar-refractivity contribution in [2.24, 2.45) is 0 Å². The number of nitrogens with one attached hydrogen (secondary N) is 3. The highest BCUT2D eigenvalue weighted by Crippen LogP contribution is 2.43. The number of aliphatic carboxylic acids is 4. The molecule has 5 heterocycles. The number of carboxylic acids is 4. The molecule has 0 saturated heterocycles. The maximum atomic E-state index is 13.6. The van der Waals surface area contributed by atoms with Gasteiger partial charge < -0.3 is 35.7 Å². The molecule has 0 spiro atoms. The summed E-state index contributed by atoms with van der Waals surface area (Å²) in [7, 11) is 0. The van der Waals surface area contributed by atoms with Crippen LogP contribution in [0.5, 0.6) is 0 Å². The zero-order valence-electron chi connectivity index (χ0n) is 29.5. The van der Waals surface area contributed by atoms with Gasteiger partial charge in [0.2, 0.25) is 5.91 Å². The first kappa shape index (κ1) is 37.2. The van der Waals surface area contributed by atoms with Gasteiger partial charge in [0.1, 0.15) is 6.04 Å². The number of aromatic nitrogens is 4. The summed E-state index contributed by atoms with van der Waals surface area (Å²) in [5, 5.41) is 41.4. The second-order valence-corrected chi connectivity index (χ2v) is 13.1. The Morgan fingerprint density at radius 3 is 2.17 bits per heavy atom. The number of carbonyl (C=O) groups is 5. The number of amides is 1. The maximum Gasteiger partial charge on any atom is 0.338 e. The van der Waals surface area contributed by atoms with Crippen LogP contribution in [0, 0.1) is 13.8 Å². The number of nitrogens with zero attached hydrogens (tertiary/aromatic N) is 2. The van der Waals surface area contributed by atoms with Crippen molar-refractivity contribution in [3.8, 4) is 0 Å². The van der Waals surface area contributed by atoms with Crippen LogP contribution in [0.2, 0.25) is 0 Å². The Balaban J connectivity index is 1.96. The lowest BCUT2D eigenvalue weighted by Crippen LogP contribution is -2.43. The molecule has 0 radical (unpaired) electrons. The zero-order chi connectivity index (χ0) is 38.2. The van der Waals surface area contributed by atoms with Crippen molar-refractivity contribution in [2.75, 3.05) is 0 Å². The molecule has 0 fully saturated rings. The van der Waals surface area contributed by atoms with Crippen molar-refractivity contribution in [3.63, 3.8) is 0 Å². The van der Waals surface area contributed by atoms with Crippen LogP contribution in [0.3, 0.4) is 0 Å². The minimum Gasteiger partial charge on any atom is -0.481 e. The molecule has 1 unspecified atom stereocenters. The molecule has 14 nitrogen and oxygen atoms in total. The normalized spacial score (nSPS) is 16.0. The highest BCUT2D eigenvalue weighted by Gasteiger charge is 2.36. The summed E-state index contributed by atoms with van der Waals surface area (Å²) in [6, 6.07) is 3.81. The van der Waals surface area contributed by atoms with Gasteiger partial charge in [-0.2, -0.15) is 0 Å². The SMILES string of the molecule is C=Cc1c(C)c2cc3nc(c(CC(=O)N[C@@H](CC(=O)O)C(=O)O)c4nc(cc5[nH]c(cc1[nH]2)c(C)c5CC)C(C)=C4C(=O)O)[C@@H](CCC(=O)O)C3C. The van der Waals surface area contributed by atoms with Gasteiger partial charge in [0, 0.05) is 57.1 Å². The average molecular weight is 712 g/mol. The molecule has 0 aromatic carbocycles. The molecule has 14 heteroatoms. The lowest BCUT2D eigenvalue weighted by molar-refractivity contribution is -0.147. The van der Waals surface area contributed by atoms with E-state index < -0.39 is 60.5 Å². The lowest BCUT2D eigenvalue weighted by atomic mass is 9.84. The quantitative estimate of drug-likeness (QED) is 0.124. The second kappa shape index (κ2) is 14.7. The molecule has 5 rings (SSSR count). The number of fused-ring (bicyclic) bond motifs is 8. The third-order valence-electron chi connectivity index (χ3n) is 9.96. The smallest absolute Gasteiger partial charge is 0.338 e. The Kier molecular flexibility index (Phi) is 10.5. The fraction of sp³-hybridized carbons (Fsp3) is 0.342. The maximum absolute atomic E-state index is 13.6. The van der Waals surface area contributed by atoms with Gasteiger partial charge in [-0.25, -0.2) is 14.6 Å². The van der Waals surface area contributed by atoms with Crippen molar-refractivity contribution >= 4 is 69.1 Å². The largest absolute Gasteiger partial charge is 0.481 e. The van der Waals surface area contributed by atoms with E-state index in [9.17, 15) is 44.4 Å². The fourth-order valence-electron chi connectivity index (χ4n) is 7.16. The molecule has 3 aromatic heterocycles. The molecule has 2 aliphatic rings. The Hall–Kier alpha value is -6.05. The van der Waals surface area contributed by atoms with Crippen LogP contribution in [0.1, 0.15) is 102 Å². The first-order valence-electron chi connectivity index (χ1n) is 16.8. The Morgan fingerprint density at radius 1 is 0.904 bits per heavy atom. The molecule has 7 N–H and O–H groups in total. The topological polar surface area (TPSA) is 236 Å². The summed E-state index contributed by atoms with van der Waals surface area (Å²) >= 11 is 0. The van der Waals surface area contributed by atoms with Crippen molar-refractivity contribution < 1.29 is 44.4 Å². The summed E-state index contributed by atoms with van der Waals surface area (Å²) in [6.45, 7) is 13.4. The van der Waals surface area contributed by atoms with E-state index in [-0.39, 0.29) is 35.4 Å². The first-order chi connectivity index (χ1) is 24.6.